The van der Waals surface area contributed by atoms with Crippen LogP contribution in [0.25, 0.3) is 89.2 Å². The molecule has 8 aromatic carbocycles. The molecule has 0 aliphatic heterocycles. The Labute approximate surface area is 351 Å². The van der Waals surface area contributed by atoms with Crippen molar-refractivity contribution in [1.82, 2.24) is 9.97 Å². The first kappa shape index (κ1) is 35.7. The molecular weight excluding hydrogens is 727 g/mol. The first-order valence-corrected chi connectivity index (χ1v) is 21.1. The highest BCUT2D eigenvalue weighted by molar-refractivity contribution is 6.05. The van der Waals surface area contributed by atoms with E-state index >= 15 is 0 Å². The summed E-state index contributed by atoms with van der Waals surface area (Å²) in [5.41, 5.74) is 18.2. The van der Waals surface area contributed by atoms with Crippen LogP contribution in [0.5, 0.6) is 0 Å². The van der Waals surface area contributed by atoms with E-state index in [1.807, 2.05) is 30.3 Å². The zero-order chi connectivity index (χ0) is 40.0. The van der Waals surface area contributed by atoms with Crippen LogP contribution in [0.3, 0.4) is 0 Å². The standard InChI is InChI=1S/C57H41N3/c58-37-38-18-28-49-50-29-27-45(35-53(50)57(52(49)34-38)32-10-3-11-33-57)41-19-23-42(24-20-41)46-30-31-51(48-17-9-8-16-47(46)48)55-36-54(59-56(60-55)44-14-6-2-7-15-44)43-25-21-40(22-26-43)39-12-4-1-5-13-39/h1-2,4-9,12-31,34-36H,3,10-11,32-33H2. The second kappa shape index (κ2) is 14.8. The molecule has 11 rings (SSSR count). The highest BCUT2D eigenvalue weighted by atomic mass is 14.9. The van der Waals surface area contributed by atoms with E-state index < -0.39 is 0 Å². The Kier molecular flexibility index (Phi) is 8.79. The summed E-state index contributed by atoms with van der Waals surface area (Å²) in [5.74, 6) is 0.704. The largest absolute Gasteiger partial charge is 0.228 e. The van der Waals surface area contributed by atoms with Crippen molar-refractivity contribution in [2.45, 2.75) is 37.5 Å². The zero-order valence-corrected chi connectivity index (χ0v) is 33.3. The Hall–Kier alpha value is -7.41. The van der Waals surface area contributed by atoms with Crippen molar-refractivity contribution < 1.29 is 0 Å². The van der Waals surface area contributed by atoms with E-state index in [0.717, 1.165) is 51.9 Å². The van der Waals surface area contributed by atoms with Crippen LogP contribution in [0.2, 0.25) is 0 Å². The third kappa shape index (κ3) is 6.12. The molecule has 1 aromatic heterocycles. The van der Waals surface area contributed by atoms with Gasteiger partial charge in [0, 0.05) is 22.1 Å². The van der Waals surface area contributed by atoms with Gasteiger partial charge < -0.3 is 0 Å². The minimum Gasteiger partial charge on any atom is -0.228 e. The molecule has 0 saturated heterocycles. The summed E-state index contributed by atoms with van der Waals surface area (Å²) in [4.78, 5) is 10.3. The van der Waals surface area contributed by atoms with Crippen LogP contribution in [0.4, 0.5) is 0 Å². The maximum atomic E-state index is 9.77. The predicted octanol–water partition coefficient (Wildman–Crippen LogP) is 14.7. The maximum Gasteiger partial charge on any atom is 0.160 e. The van der Waals surface area contributed by atoms with Gasteiger partial charge in [0.25, 0.3) is 0 Å². The van der Waals surface area contributed by atoms with E-state index in [1.165, 1.54) is 80.3 Å². The topological polar surface area (TPSA) is 49.6 Å². The Morgan fingerprint density at radius 3 is 1.58 bits per heavy atom. The third-order valence-corrected chi connectivity index (χ3v) is 13.0. The monoisotopic (exact) mass is 767 g/mol. The molecule has 2 aliphatic carbocycles. The van der Waals surface area contributed by atoms with Crippen LogP contribution in [-0.4, -0.2) is 9.97 Å². The van der Waals surface area contributed by atoms with E-state index in [1.54, 1.807) is 0 Å². The van der Waals surface area contributed by atoms with Gasteiger partial charge >= 0.3 is 0 Å². The van der Waals surface area contributed by atoms with E-state index in [9.17, 15) is 5.26 Å². The van der Waals surface area contributed by atoms with Crippen LogP contribution >= 0.6 is 0 Å². The molecule has 0 radical (unpaired) electrons. The minimum absolute atomic E-state index is 0.00825. The van der Waals surface area contributed by atoms with Crippen molar-refractivity contribution in [2.24, 2.45) is 0 Å². The number of nitrogens with zero attached hydrogens (tertiary/aromatic N) is 3. The lowest BCUT2D eigenvalue weighted by Crippen LogP contribution is -2.28. The van der Waals surface area contributed by atoms with Crippen molar-refractivity contribution in [2.75, 3.05) is 0 Å². The third-order valence-electron chi connectivity index (χ3n) is 13.0. The van der Waals surface area contributed by atoms with Gasteiger partial charge in [-0.15, -0.1) is 0 Å². The molecule has 3 nitrogen and oxygen atoms in total. The summed E-state index contributed by atoms with van der Waals surface area (Å²) in [6.45, 7) is 0. The average Bonchev–Trinajstić information content (AvgIpc) is 3.58. The van der Waals surface area contributed by atoms with Crippen molar-refractivity contribution in [1.29, 1.82) is 5.26 Å². The maximum absolute atomic E-state index is 9.77. The number of fused-ring (bicyclic) bond motifs is 6. The van der Waals surface area contributed by atoms with Gasteiger partial charge in [-0.1, -0.05) is 183 Å². The van der Waals surface area contributed by atoms with Crippen molar-refractivity contribution in [3.8, 4) is 84.5 Å². The van der Waals surface area contributed by atoms with Gasteiger partial charge in [-0.2, -0.15) is 5.26 Å². The highest BCUT2D eigenvalue weighted by Gasteiger charge is 2.44. The summed E-state index contributed by atoms with van der Waals surface area (Å²) in [6, 6.07) is 69.6. The minimum atomic E-state index is -0.00825. The summed E-state index contributed by atoms with van der Waals surface area (Å²) in [6.07, 6.45) is 5.99. The molecule has 2 aliphatic rings. The van der Waals surface area contributed by atoms with E-state index in [2.05, 4.69) is 164 Å². The lowest BCUT2D eigenvalue weighted by Gasteiger charge is -2.36. The quantitative estimate of drug-likeness (QED) is 0.169. The predicted molar refractivity (Wildman–Crippen MR) is 246 cm³/mol. The van der Waals surface area contributed by atoms with Gasteiger partial charge in [0.1, 0.15) is 0 Å². The smallest absolute Gasteiger partial charge is 0.160 e. The molecule has 3 heteroatoms. The molecule has 0 N–H and O–H groups in total. The average molecular weight is 768 g/mol. The molecular formula is C57H41N3. The van der Waals surface area contributed by atoms with E-state index in [-0.39, 0.29) is 5.41 Å². The van der Waals surface area contributed by atoms with Crippen LogP contribution in [-0.2, 0) is 5.41 Å². The molecule has 0 bridgehead atoms. The van der Waals surface area contributed by atoms with Crippen molar-refractivity contribution in [3.63, 3.8) is 0 Å². The second-order valence-corrected chi connectivity index (χ2v) is 16.3. The molecule has 1 saturated carbocycles. The first-order valence-electron chi connectivity index (χ1n) is 21.1. The summed E-state index contributed by atoms with van der Waals surface area (Å²) < 4.78 is 0. The lowest BCUT2D eigenvalue weighted by molar-refractivity contribution is 0.353. The molecule has 1 fully saturated rings. The van der Waals surface area contributed by atoms with Crippen LogP contribution in [0.15, 0.2) is 188 Å². The molecule has 0 amide bonds. The van der Waals surface area contributed by atoms with Crippen molar-refractivity contribution in [3.05, 3.63) is 205 Å². The SMILES string of the molecule is N#Cc1ccc2c(c1)C1(CCCCC1)c1cc(-c3ccc(-c4ccc(-c5cc(-c6ccc(-c7ccccc7)cc6)nc(-c6ccccc6)n5)c5ccccc45)cc3)ccc1-2. The lowest BCUT2D eigenvalue weighted by atomic mass is 9.67. The molecule has 0 atom stereocenters. The summed E-state index contributed by atoms with van der Waals surface area (Å²) in [5, 5.41) is 12.1. The number of nitriles is 1. The molecule has 0 unspecified atom stereocenters. The normalized spacial score (nSPS) is 13.8. The highest BCUT2D eigenvalue weighted by Crippen LogP contribution is 2.56. The molecule has 284 valence electrons. The van der Waals surface area contributed by atoms with Crippen LogP contribution in [0, 0.1) is 11.3 Å². The molecule has 1 heterocycles. The fraction of sp³-hybridized carbons (Fsp3) is 0.105. The van der Waals surface area contributed by atoms with Gasteiger partial charge in [-0.3, -0.25) is 0 Å². The zero-order valence-electron chi connectivity index (χ0n) is 33.3. The Bertz CT molecular complexity index is 3100. The summed E-state index contributed by atoms with van der Waals surface area (Å²) >= 11 is 0. The molecule has 9 aromatic rings. The molecule has 1 spiro atoms. The van der Waals surface area contributed by atoms with Gasteiger partial charge in [0.05, 0.1) is 23.0 Å². The Morgan fingerprint density at radius 2 is 0.883 bits per heavy atom. The second-order valence-electron chi connectivity index (χ2n) is 16.3. The van der Waals surface area contributed by atoms with Crippen molar-refractivity contribution >= 4 is 10.8 Å². The Morgan fingerprint density at radius 1 is 0.383 bits per heavy atom. The fourth-order valence-corrected chi connectivity index (χ4v) is 9.97. The number of benzene rings is 8. The van der Waals surface area contributed by atoms with Gasteiger partial charge in [-0.25, -0.2) is 9.97 Å². The van der Waals surface area contributed by atoms with E-state index in [0.29, 0.717) is 5.82 Å². The Balaban J connectivity index is 0.959. The first-order chi connectivity index (χ1) is 29.6. The summed E-state index contributed by atoms with van der Waals surface area (Å²) in [7, 11) is 0. The van der Waals surface area contributed by atoms with Crippen LogP contribution < -0.4 is 0 Å². The van der Waals surface area contributed by atoms with Gasteiger partial charge in [0.15, 0.2) is 5.82 Å². The molecule has 60 heavy (non-hydrogen) atoms. The fourth-order valence-electron chi connectivity index (χ4n) is 9.97. The van der Waals surface area contributed by atoms with Gasteiger partial charge in [0.2, 0.25) is 0 Å². The number of hydrogen-bond acceptors (Lipinski definition) is 3. The number of rotatable bonds is 6. The number of hydrogen-bond donors (Lipinski definition) is 0. The van der Waals surface area contributed by atoms with E-state index in [4.69, 9.17) is 9.97 Å². The van der Waals surface area contributed by atoms with Gasteiger partial charge in [-0.05, 0) is 104 Å². The van der Waals surface area contributed by atoms with Crippen LogP contribution in [0.1, 0.15) is 48.8 Å². The number of aromatic nitrogens is 2.